The molecule has 2 N–H and O–H groups in total. The van der Waals surface area contributed by atoms with Crippen molar-refractivity contribution in [2.75, 3.05) is 19.5 Å². The first-order valence-electron chi connectivity index (χ1n) is 6.47. The fourth-order valence-corrected chi connectivity index (χ4v) is 1.87. The molecule has 0 radical (unpaired) electrons. The second kappa shape index (κ2) is 7.46. The summed E-state index contributed by atoms with van der Waals surface area (Å²) in [5.41, 5.74) is 0.481. The summed E-state index contributed by atoms with van der Waals surface area (Å²) in [6.07, 6.45) is 1.56. The molecule has 22 heavy (non-hydrogen) atoms. The van der Waals surface area contributed by atoms with Gasteiger partial charge in [0.1, 0.15) is 17.3 Å². The number of nitrogens with one attached hydrogen (secondary N) is 2. The molecule has 7 heteroatoms. The molecule has 1 heterocycles. The van der Waals surface area contributed by atoms with E-state index in [1.165, 1.54) is 7.11 Å². The second-order valence-corrected chi connectivity index (χ2v) is 4.69. The lowest BCUT2D eigenvalue weighted by atomic mass is 10.2. The van der Waals surface area contributed by atoms with Crippen molar-refractivity contribution in [1.29, 1.82) is 0 Å². The van der Waals surface area contributed by atoms with Gasteiger partial charge in [0.05, 0.1) is 32.7 Å². The largest absolute Gasteiger partial charge is 0.497 e. The van der Waals surface area contributed by atoms with Crippen LogP contribution >= 0.6 is 12.2 Å². The van der Waals surface area contributed by atoms with Gasteiger partial charge >= 0.3 is 0 Å². The predicted molar refractivity (Wildman–Crippen MR) is 86.3 cm³/mol. The number of anilines is 1. The van der Waals surface area contributed by atoms with Crippen LogP contribution in [0.5, 0.6) is 11.5 Å². The SMILES string of the molecule is COc1ccc(OC)c(NC(=O)C(=S)NCc2ccco2)c1. The summed E-state index contributed by atoms with van der Waals surface area (Å²) in [5, 5.41) is 5.51. The minimum Gasteiger partial charge on any atom is -0.497 e. The van der Waals surface area contributed by atoms with Crippen molar-refractivity contribution >= 4 is 28.8 Å². The Labute approximate surface area is 133 Å². The molecule has 0 fully saturated rings. The number of amides is 1. The van der Waals surface area contributed by atoms with Crippen LogP contribution in [-0.4, -0.2) is 25.1 Å². The molecule has 2 rings (SSSR count). The first-order chi connectivity index (χ1) is 10.6. The number of thiocarbonyl (C=S) groups is 1. The minimum absolute atomic E-state index is 0.0567. The molecule has 0 unspecified atom stereocenters. The molecule has 1 amide bonds. The molecule has 0 atom stereocenters. The molecular formula is C15H16N2O4S. The van der Waals surface area contributed by atoms with E-state index in [1.807, 2.05) is 0 Å². The molecule has 2 aromatic rings. The summed E-state index contributed by atoms with van der Waals surface area (Å²) in [6, 6.07) is 8.65. The van der Waals surface area contributed by atoms with Crippen LogP contribution in [0.25, 0.3) is 0 Å². The lowest BCUT2D eigenvalue weighted by Crippen LogP contribution is -2.33. The van der Waals surface area contributed by atoms with Crippen molar-refractivity contribution < 1.29 is 18.7 Å². The third kappa shape index (κ3) is 3.98. The Morgan fingerprint density at radius 3 is 2.73 bits per heavy atom. The summed E-state index contributed by atoms with van der Waals surface area (Å²) in [7, 11) is 3.06. The second-order valence-electron chi connectivity index (χ2n) is 4.28. The first kappa shape index (κ1) is 15.8. The van der Waals surface area contributed by atoms with Crippen molar-refractivity contribution in [1.82, 2.24) is 5.32 Å². The van der Waals surface area contributed by atoms with E-state index >= 15 is 0 Å². The summed E-state index contributed by atoms with van der Waals surface area (Å²) in [5.74, 6) is 1.37. The monoisotopic (exact) mass is 320 g/mol. The van der Waals surface area contributed by atoms with Gasteiger partial charge in [0.2, 0.25) is 0 Å². The zero-order chi connectivity index (χ0) is 15.9. The molecule has 0 saturated carbocycles. The Balaban J connectivity index is 1.99. The van der Waals surface area contributed by atoms with Crippen molar-refractivity contribution in [3.63, 3.8) is 0 Å². The van der Waals surface area contributed by atoms with Crippen LogP contribution in [0.1, 0.15) is 5.76 Å². The molecule has 1 aromatic heterocycles. The van der Waals surface area contributed by atoms with Crippen LogP contribution in [-0.2, 0) is 11.3 Å². The average Bonchev–Trinajstić information content (AvgIpc) is 3.05. The Bertz CT molecular complexity index is 656. The topological polar surface area (TPSA) is 72.7 Å². The number of hydrogen-bond donors (Lipinski definition) is 2. The molecule has 116 valence electrons. The summed E-state index contributed by atoms with van der Waals surface area (Å²) < 4.78 is 15.5. The van der Waals surface area contributed by atoms with E-state index in [0.717, 1.165) is 0 Å². The fourth-order valence-electron chi connectivity index (χ4n) is 1.75. The predicted octanol–water partition coefficient (Wildman–Crippen LogP) is 2.35. The van der Waals surface area contributed by atoms with Crippen LogP contribution in [0.4, 0.5) is 5.69 Å². The fraction of sp³-hybridized carbons (Fsp3) is 0.200. The maximum absolute atomic E-state index is 12.1. The summed E-state index contributed by atoms with van der Waals surface area (Å²) in [4.78, 5) is 12.2. The number of ether oxygens (including phenoxy) is 2. The third-order valence-corrected chi connectivity index (χ3v) is 3.19. The molecule has 0 saturated heterocycles. The van der Waals surface area contributed by atoms with Crippen molar-refractivity contribution in [2.24, 2.45) is 0 Å². The summed E-state index contributed by atoms with van der Waals surface area (Å²) in [6.45, 7) is 0.342. The van der Waals surface area contributed by atoms with Gasteiger partial charge < -0.3 is 24.5 Å². The van der Waals surface area contributed by atoms with E-state index in [4.69, 9.17) is 26.1 Å². The van der Waals surface area contributed by atoms with Gasteiger partial charge in [-0.2, -0.15) is 0 Å². The van der Waals surface area contributed by atoms with Crippen molar-refractivity contribution in [3.05, 3.63) is 42.4 Å². The highest BCUT2D eigenvalue weighted by Crippen LogP contribution is 2.28. The quantitative estimate of drug-likeness (QED) is 0.824. The smallest absolute Gasteiger partial charge is 0.283 e. The molecule has 6 nitrogen and oxygen atoms in total. The number of carbonyl (C=O) groups excluding carboxylic acids is 1. The number of hydrogen-bond acceptors (Lipinski definition) is 5. The van der Waals surface area contributed by atoms with Gasteiger partial charge in [0, 0.05) is 6.07 Å². The van der Waals surface area contributed by atoms with Crippen molar-refractivity contribution in [2.45, 2.75) is 6.54 Å². The van der Waals surface area contributed by atoms with E-state index in [0.29, 0.717) is 29.5 Å². The van der Waals surface area contributed by atoms with E-state index in [9.17, 15) is 4.79 Å². The number of furan rings is 1. The summed E-state index contributed by atoms with van der Waals surface area (Å²) >= 11 is 5.05. The Morgan fingerprint density at radius 2 is 2.09 bits per heavy atom. The number of methoxy groups -OCH3 is 2. The van der Waals surface area contributed by atoms with Gasteiger partial charge in [-0.25, -0.2) is 0 Å². The Morgan fingerprint density at radius 1 is 1.27 bits per heavy atom. The molecular weight excluding hydrogens is 304 g/mol. The van der Waals surface area contributed by atoms with Gasteiger partial charge in [-0.3, -0.25) is 4.79 Å². The molecule has 0 bridgehead atoms. The molecule has 0 aliphatic heterocycles. The zero-order valence-electron chi connectivity index (χ0n) is 12.2. The normalized spacial score (nSPS) is 9.91. The highest BCUT2D eigenvalue weighted by molar-refractivity contribution is 7.82. The zero-order valence-corrected chi connectivity index (χ0v) is 13.0. The average molecular weight is 320 g/mol. The number of rotatable bonds is 5. The molecule has 0 aliphatic carbocycles. The van der Waals surface area contributed by atoms with Crippen LogP contribution in [0.3, 0.4) is 0 Å². The van der Waals surface area contributed by atoms with Gasteiger partial charge in [0.25, 0.3) is 5.91 Å². The van der Waals surface area contributed by atoms with Crippen LogP contribution in [0.15, 0.2) is 41.0 Å². The number of carbonyl (C=O) groups is 1. The van der Waals surface area contributed by atoms with Gasteiger partial charge in [0.15, 0.2) is 4.99 Å². The van der Waals surface area contributed by atoms with Crippen LogP contribution in [0, 0.1) is 0 Å². The Hall–Kier alpha value is -2.54. The maximum Gasteiger partial charge on any atom is 0.283 e. The van der Waals surface area contributed by atoms with Crippen molar-refractivity contribution in [3.8, 4) is 11.5 Å². The van der Waals surface area contributed by atoms with Crippen LogP contribution in [0.2, 0.25) is 0 Å². The third-order valence-electron chi connectivity index (χ3n) is 2.86. The lowest BCUT2D eigenvalue weighted by molar-refractivity contribution is -0.110. The molecule has 1 aromatic carbocycles. The highest BCUT2D eigenvalue weighted by atomic mass is 32.1. The van der Waals surface area contributed by atoms with E-state index in [2.05, 4.69) is 10.6 Å². The van der Waals surface area contributed by atoms with Gasteiger partial charge in [-0.1, -0.05) is 12.2 Å². The van der Waals surface area contributed by atoms with Crippen LogP contribution < -0.4 is 20.1 Å². The van der Waals surface area contributed by atoms with E-state index in [-0.39, 0.29) is 4.99 Å². The standard InChI is InChI=1S/C15H16N2O4S/c1-19-10-5-6-13(20-2)12(8-10)17-14(18)15(22)16-9-11-4-3-7-21-11/h3-8H,9H2,1-2H3,(H,16,22)(H,17,18). The van der Waals surface area contributed by atoms with E-state index in [1.54, 1.807) is 43.7 Å². The number of benzene rings is 1. The maximum atomic E-state index is 12.1. The first-order valence-corrected chi connectivity index (χ1v) is 6.88. The van der Waals surface area contributed by atoms with E-state index < -0.39 is 5.91 Å². The molecule has 0 spiro atoms. The highest BCUT2D eigenvalue weighted by Gasteiger charge is 2.13. The Kier molecular flexibility index (Phi) is 5.37. The lowest BCUT2D eigenvalue weighted by Gasteiger charge is -2.12. The van der Waals surface area contributed by atoms with Gasteiger partial charge in [-0.15, -0.1) is 0 Å². The minimum atomic E-state index is -0.437. The molecule has 0 aliphatic rings. The van der Waals surface area contributed by atoms with Gasteiger partial charge in [-0.05, 0) is 24.3 Å².